The van der Waals surface area contributed by atoms with E-state index in [-0.39, 0.29) is 0 Å². The molecule has 0 saturated heterocycles. The molecule has 0 N–H and O–H groups in total. The Labute approximate surface area is 131 Å². The average Bonchev–Trinajstić information content (AvgIpc) is 2.46. The Morgan fingerprint density at radius 2 is 1.05 bits per heavy atom. The zero-order valence-corrected chi connectivity index (χ0v) is 14.6. The van der Waals surface area contributed by atoms with Crippen LogP contribution in [0, 0.1) is 0 Å². The van der Waals surface area contributed by atoms with Gasteiger partial charge in [-0.3, -0.25) is 0 Å². The minimum atomic E-state index is -0.823. The molecule has 0 amide bonds. The van der Waals surface area contributed by atoms with Crippen LogP contribution in [0.4, 0.5) is 0 Å². The molecular formula is C17H36O4. The maximum Gasteiger partial charge on any atom is 0.282 e. The summed E-state index contributed by atoms with van der Waals surface area (Å²) in [5.74, 6) is -0.823. The van der Waals surface area contributed by atoms with Gasteiger partial charge >= 0.3 is 0 Å². The molecule has 0 spiro atoms. The molecule has 0 bridgehead atoms. The van der Waals surface area contributed by atoms with E-state index in [1.54, 1.807) is 7.11 Å². The quantitative estimate of drug-likeness (QED) is 0.310. The third kappa shape index (κ3) is 11.1. The molecule has 0 aliphatic heterocycles. The Morgan fingerprint density at radius 3 is 1.48 bits per heavy atom. The fourth-order valence-corrected chi connectivity index (χ4v) is 2.47. The second-order valence-corrected chi connectivity index (χ2v) is 5.20. The lowest BCUT2D eigenvalue weighted by atomic mass is 10.1. The molecule has 0 radical (unpaired) electrons. The zero-order chi connectivity index (χ0) is 15.8. The van der Waals surface area contributed by atoms with E-state index in [1.165, 1.54) is 38.5 Å². The van der Waals surface area contributed by atoms with Crippen LogP contribution >= 0.6 is 0 Å². The van der Waals surface area contributed by atoms with Gasteiger partial charge in [-0.1, -0.05) is 32.1 Å². The van der Waals surface area contributed by atoms with Gasteiger partial charge in [-0.15, -0.1) is 0 Å². The third-order valence-corrected chi connectivity index (χ3v) is 3.42. The minimum Gasteiger partial charge on any atom is -0.385 e. The molecule has 0 aliphatic carbocycles. The van der Waals surface area contributed by atoms with E-state index in [4.69, 9.17) is 18.9 Å². The average molecular weight is 304 g/mol. The largest absolute Gasteiger partial charge is 0.385 e. The summed E-state index contributed by atoms with van der Waals surface area (Å²) in [4.78, 5) is 0. The Hall–Kier alpha value is -0.160. The smallest absolute Gasteiger partial charge is 0.282 e. The monoisotopic (exact) mass is 304 g/mol. The number of hydrogen-bond donors (Lipinski definition) is 0. The molecule has 0 aliphatic rings. The molecule has 0 aromatic heterocycles. The Bertz CT molecular complexity index is 192. The van der Waals surface area contributed by atoms with Gasteiger partial charge < -0.3 is 18.9 Å². The lowest BCUT2D eigenvalue weighted by Gasteiger charge is -2.32. The van der Waals surface area contributed by atoms with Crippen molar-refractivity contribution in [2.75, 3.05) is 33.5 Å². The van der Waals surface area contributed by atoms with Crippen molar-refractivity contribution in [2.45, 2.75) is 78.1 Å². The Morgan fingerprint density at radius 1 is 0.619 bits per heavy atom. The van der Waals surface area contributed by atoms with E-state index < -0.39 is 5.97 Å². The van der Waals surface area contributed by atoms with Crippen molar-refractivity contribution >= 4 is 0 Å². The van der Waals surface area contributed by atoms with Gasteiger partial charge in [-0.2, -0.15) is 0 Å². The normalized spacial score (nSPS) is 12.0. The van der Waals surface area contributed by atoms with Crippen molar-refractivity contribution < 1.29 is 18.9 Å². The van der Waals surface area contributed by atoms with Crippen LogP contribution in [0.5, 0.6) is 0 Å². The van der Waals surface area contributed by atoms with Crippen LogP contribution in [0.3, 0.4) is 0 Å². The number of ether oxygens (including phenoxy) is 4. The van der Waals surface area contributed by atoms with Crippen LogP contribution in [0.25, 0.3) is 0 Å². The van der Waals surface area contributed by atoms with Crippen molar-refractivity contribution in [2.24, 2.45) is 0 Å². The topological polar surface area (TPSA) is 36.9 Å². The van der Waals surface area contributed by atoms with Crippen molar-refractivity contribution in [3.8, 4) is 0 Å². The summed E-state index contributed by atoms with van der Waals surface area (Å²) in [6.45, 7) is 8.66. The molecule has 0 atom stereocenters. The second kappa shape index (κ2) is 14.8. The molecular weight excluding hydrogens is 268 g/mol. The summed E-state index contributed by atoms with van der Waals surface area (Å²) in [6, 6.07) is 0. The summed E-state index contributed by atoms with van der Waals surface area (Å²) in [5.41, 5.74) is 0. The van der Waals surface area contributed by atoms with Gasteiger partial charge in [0.05, 0.1) is 0 Å². The van der Waals surface area contributed by atoms with Crippen LogP contribution in [-0.2, 0) is 18.9 Å². The van der Waals surface area contributed by atoms with Gasteiger partial charge in [-0.05, 0) is 33.6 Å². The van der Waals surface area contributed by atoms with E-state index in [9.17, 15) is 0 Å². The second-order valence-electron chi connectivity index (χ2n) is 5.20. The van der Waals surface area contributed by atoms with Gasteiger partial charge in [0.2, 0.25) is 0 Å². The molecule has 4 heteroatoms. The van der Waals surface area contributed by atoms with E-state index in [0.717, 1.165) is 19.4 Å². The molecule has 0 saturated carbocycles. The van der Waals surface area contributed by atoms with Crippen molar-refractivity contribution in [3.63, 3.8) is 0 Å². The van der Waals surface area contributed by atoms with Crippen LogP contribution in [0.1, 0.15) is 72.1 Å². The van der Waals surface area contributed by atoms with Crippen LogP contribution in [0.15, 0.2) is 0 Å². The highest BCUT2D eigenvalue weighted by Gasteiger charge is 2.31. The predicted octanol–water partition coefficient (Wildman–Crippen LogP) is 4.52. The molecule has 128 valence electrons. The van der Waals surface area contributed by atoms with Gasteiger partial charge in [0, 0.05) is 40.0 Å². The lowest BCUT2D eigenvalue weighted by Crippen LogP contribution is -2.39. The first-order valence-electron chi connectivity index (χ1n) is 8.65. The molecule has 0 aromatic carbocycles. The molecule has 0 unspecified atom stereocenters. The number of hydrogen-bond acceptors (Lipinski definition) is 4. The van der Waals surface area contributed by atoms with Crippen molar-refractivity contribution in [1.29, 1.82) is 0 Å². The fourth-order valence-electron chi connectivity index (χ4n) is 2.47. The third-order valence-electron chi connectivity index (χ3n) is 3.42. The number of methoxy groups -OCH3 is 1. The minimum absolute atomic E-state index is 0.611. The van der Waals surface area contributed by atoms with Gasteiger partial charge in [-0.25, -0.2) is 0 Å². The van der Waals surface area contributed by atoms with E-state index >= 15 is 0 Å². The van der Waals surface area contributed by atoms with Gasteiger partial charge in [0.25, 0.3) is 5.97 Å². The summed E-state index contributed by atoms with van der Waals surface area (Å²) in [7, 11) is 1.77. The highest BCUT2D eigenvalue weighted by molar-refractivity contribution is 4.59. The van der Waals surface area contributed by atoms with Crippen molar-refractivity contribution in [3.05, 3.63) is 0 Å². The molecule has 0 heterocycles. The first-order valence-corrected chi connectivity index (χ1v) is 8.65. The first-order chi connectivity index (χ1) is 10.2. The molecule has 0 aromatic rings. The standard InChI is InChI=1S/C17H36O4/c1-5-19-17(20-6-2,21-7-3)15-13-11-9-8-10-12-14-16-18-4/h5-16H2,1-4H3. The van der Waals surface area contributed by atoms with E-state index in [2.05, 4.69) is 0 Å². The number of rotatable bonds is 16. The molecule has 0 rings (SSSR count). The zero-order valence-electron chi connectivity index (χ0n) is 14.6. The summed E-state index contributed by atoms with van der Waals surface area (Å²) >= 11 is 0. The summed E-state index contributed by atoms with van der Waals surface area (Å²) < 4.78 is 22.2. The van der Waals surface area contributed by atoms with E-state index in [0.29, 0.717) is 19.8 Å². The maximum absolute atomic E-state index is 5.72. The van der Waals surface area contributed by atoms with Crippen LogP contribution < -0.4 is 0 Å². The highest BCUT2D eigenvalue weighted by atomic mass is 16.9. The van der Waals surface area contributed by atoms with E-state index in [1.807, 2.05) is 20.8 Å². The van der Waals surface area contributed by atoms with Crippen molar-refractivity contribution in [1.82, 2.24) is 0 Å². The predicted molar refractivity (Wildman–Crippen MR) is 86.4 cm³/mol. The van der Waals surface area contributed by atoms with Gasteiger partial charge in [0.1, 0.15) is 0 Å². The lowest BCUT2D eigenvalue weighted by molar-refractivity contribution is -0.380. The van der Waals surface area contributed by atoms with Gasteiger partial charge in [0.15, 0.2) is 0 Å². The number of unbranched alkanes of at least 4 members (excludes halogenated alkanes) is 6. The Kier molecular flexibility index (Phi) is 14.7. The highest BCUT2D eigenvalue weighted by Crippen LogP contribution is 2.24. The van der Waals surface area contributed by atoms with Crippen LogP contribution in [0.2, 0.25) is 0 Å². The fraction of sp³-hybridized carbons (Fsp3) is 1.00. The first kappa shape index (κ1) is 20.8. The molecule has 0 fully saturated rings. The summed E-state index contributed by atoms with van der Waals surface area (Å²) in [5, 5.41) is 0. The summed E-state index contributed by atoms with van der Waals surface area (Å²) in [6.07, 6.45) is 9.43. The molecule has 21 heavy (non-hydrogen) atoms. The Balaban J connectivity index is 3.76. The molecule has 4 nitrogen and oxygen atoms in total. The SMILES string of the molecule is CCOC(CCCCCCCCCOC)(OCC)OCC. The van der Waals surface area contributed by atoms with Crippen LogP contribution in [-0.4, -0.2) is 39.5 Å². The maximum atomic E-state index is 5.72.